The number of aryl methyl sites for hydroxylation is 1. The number of hydrogen-bond acceptors (Lipinski definition) is 4. The van der Waals surface area contributed by atoms with E-state index in [2.05, 4.69) is 41.3 Å². The molecule has 1 aromatic carbocycles. The second-order valence-electron chi connectivity index (χ2n) is 5.12. The summed E-state index contributed by atoms with van der Waals surface area (Å²) in [5.74, 6) is 0.798. The van der Waals surface area contributed by atoms with Gasteiger partial charge in [-0.2, -0.15) is 0 Å². The van der Waals surface area contributed by atoms with Gasteiger partial charge in [0.15, 0.2) is 0 Å². The average Bonchev–Trinajstić information content (AvgIpc) is 2.83. The minimum Gasteiger partial charge on any atom is -0.367 e. The summed E-state index contributed by atoms with van der Waals surface area (Å²) in [6.07, 6.45) is 0.967. The van der Waals surface area contributed by atoms with Gasteiger partial charge in [-0.15, -0.1) is 11.3 Å². The lowest BCUT2D eigenvalue weighted by Gasteiger charge is -2.15. The highest BCUT2D eigenvalue weighted by molar-refractivity contribution is 7.11. The van der Waals surface area contributed by atoms with E-state index in [1.807, 2.05) is 35.6 Å². The van der Waals surface area contributed by atoms with E-state index in [-0.39, 0.29) is 11.3 Å². The Hall–Kier alpha value is -1.65. The molecule has 5 heteroatoms. The van der Waals surface area contributed by atoms with Crippen LogP contribution in [-0.4, -0.2) is 16.0 Å². The van der Waals surface area contributed by atoms with Crippen LogP contribution in [-0.2, 0) is 6.42 Å². The average molecular weight is 318 g/mol. The first-order valence-corrected chi connectivity index (χ1v) is 8.05. The highest BCUT2D eigenvalue weighted by Crippen LogP contribution is 2.24. The predicted molar refractivity (Wildman–Crippen MR) is 90.4 cm³/mol. The molecule has 0 fully saturated rings. The molecule has 0 spiro atoms. The maximum absolute atomic E-state index is 6.01. The first-order valence-electron chi connectivity index (χ1n) is 6.86. The molecule has 3 aromatic rings. The van der Waals surface area contributed by atoms with Crippen molar-refractivity contribution in [3.8, 4) is 0 Å². The van der Waals surface area contributed by atoms with Gasteiger partial charge in [0.25, 0.3) is 0 Å². The molecule has 1 atom stereocenters. The Kier molecular flexibility index (Phi) is 4.08. The summed E-state index contributed by atoms with van der Waals surface area (Å²) in [5, 5.41) is 4.72. The van der Waals surface area contributed by atoms with Crippen LogP contribution >= 0.6 is 22.9 Å². The molecular weight excluding hydrogens is 302 g/mol. The summed E-state index contributed by atoms with van der Waals surface area (Å²) in [6, 6.07) is 12.5. The van der Waals surface area contributed by atoms with Crippen LogP contribution < -0.4 is 5.32 Å². The minimum atomic E-state index is 0.273. The van der Waals surface area contributed by atoms with Crippen molar-refractivity contribution in [1.29, 1.82) is 0 Å². The van der Waals surface area contributed by atoms with Gasteiger partial charge in [0.05, 0.1) is 5.52 Å². The topological polar surface area (TPSA) is 37.8 Å². The van der Waals surface area contributed by atoms with Gasteiger partial charge >= 0.3 is 0 Å². The number of benzene rings is 1. The second kappa shape index (κ2) is 6.00. The number of anilines is 1. The van der Waals surface area contributed by atoms with Crippen molar-refractivity contribution in [3.63, 3.8) is 0 Å². The van der Waals surface area contributed by atoms with Crippen molar-refractivity contribution in [2.75, 3.05) is 5.32 Å². The molecule has 21 heavy (non-hydrogen) atoms. The monoisotopic (exact) mass is 317 g/mol. The molecule has 0 radical (unpaired) electrons. The van der Waals surface area contributed by atoms with Crippen LogP contribution in [0.15, 0.2) is 36.4 Å². The number of nitrogens with one attached hydrogen (secondary N) is 1. The van der Waals surface area contributed by atoms with Crippen molar-refractivity contribution in [2.24, 2.45) is 0 Å². The van der Waals surface area contributed by atoms with Crippen molar-refractivity contribution in [1.82, 2.24) is 9.97 Å². The fourth-order valence-electron chi connectivity index (χ4n) is 2.34. The Labute approximate surface area is 133 Å². The van der Waals surface area contributed by atoms with E-state index in [0.29, 0.717) is 0 Å². The van der Waals surface area contributed by atoms with Crippen LogP contribution in [0.25, 0.3) is 10.9 Å². The summed E-state index contributed by atoms with van der Waals surface area (Å²) >= 11 is 7.85. The number of aromatic nitrogens is 2. The lowest BCUT2D eigenvalue weighted by Crippen LogP contribution is -2.18. The Balaban J connectivity index is 1.84. The van der Waals surface area contributed by atoms with E-state index in [1.54, 1.807) is 0 Å². The van der Waals surface area contributed by atoms with Gasteiger partial charge in [0.1, 0.15) is 5.82 Å². The molecule has 1 N–H and O–H groups in total. The smallest absolute Gasteiger partial charge is 0.224 e. The molecule has 0 saturated carbocycles. The van der Waals surface area contributed by atoms with E-state index < -0.39 is 0 Å². The van der Waals surface area contributed by atoms with Gasteiger partial charge in [0, 0.05) is 27.6 Å². The van der Waals surface area contributed by atoms with Crippen molar-refractivity contribution < 1.29 is 0 Å². The van der Waals surface area contributed by atoms with Crippen molar-refractivity contribution in [2.45, 2.75) is 26.3 Å². The van der Waals surface area contributed by atoms with Gasteiger partial charge < -0.3 is 5.32 Å². The zero-order valence-corrected chi connectivity index (χ0v) is 13.5. The number of rotatable bonds is 4. The largest absolute Gasteiger partial charge is 0.367 e. The third-order valence-corrected chi connectivity index (χ3v) is 4.45. The number of thiophene rings is 1. The third-order valence-electron chi connectivity index (χ3n) is 3.26. The molecule has 0 bridgehead atoms. The number of hydrogen-bond donors (Lipinski definition) is 1. The van der Waals surface area contributed by atoms with Crippen LogP contribution in [0, 0.1) is 6.92 Å². The fourth-order valence-corrected chi connectivity index (χ4v) is 3.53. The summed E-state index contributed by atoms with van der Waals surface area (Å²) in [7, 11) is 0. The molecule has 0 aliphatic rings. The molecule has 0 aliphatic carbocycles. The molecular formula is C16H16ClN3S. The number of nitrogens with zero attached hydrogens (tertiary/aromatic N) is 2. The lowest BCUT2D eigenvalue weighted by atomic mass is 10.2. The zero-order valence-electron chi connectivity index (χ0n) is 11.9. The summed E-state index contributed by atoms with van der Waals surface area (Å²) in [4.78, 5) is 11.3. The van der Waals surface area contributed by atoms with Gasteiger partial charge in [0.2, 0.25) is 5.28 Å². The molecule has 2 aromatic heterocycles. The Morgan fingerprint density at radius 3 is 2.76 bits per heavy atom. The Morgan fingerprint density at radius 1 is 1.19 bits per heavy atom. The van der Waals surface area contributed by atoms with Crippen LogP contribution in [0.4, 0.5) is 5.82 Å². The van der Waals surface area contributed by atoms with E-state index in [1.165, 1.54) is 9.75 Å². The quantitative estimate of drug-likeness (QED) is 0.709. The normalized spacial score (nSPS) is 12.5. The maximum Gasteiger partial charge on any atom is 0.224 e. The highest BCUT2D eigenvalue weighted by atomic mass is 35.5. The van der Waals surface area contributed by atoms with Gasteiger partial charge in [-0.05, 0) is 49.7 Å². The Morgan fingerprint density at radius 2 is 2.00 bits per heavy atom. The van der Waals surface area contributed by atoms with E-state index in [9.17, 15) is 0 Å². The SMILES string of the molecule is Cc1ccc(CC(C)Nc2nc(Cl)nc3ccccc23)s1. The van der Waals surface area contributed by atoms with Crippen molar-refractivity contribution >= 4 is 39.7 Å². The highest BCUT2D eigenvalue weighted by Gasteiger charge is 2.10. The summed E-state index contributed by atoms with van der Waals surface area (Å²) < 4.78 is 0. The zero-order chi connectivity index (χ0) is 14.8. The van der Waals surface area contributed by atoms with Crippen LogP contribution in [0.1, 0.15) is 16.7 Å². The van der Waals surface area contributed by atoms with Gasteiger partial charge in [-0.3, -0.25) is 0 Å². The lowest BCUT2D eigenvalue weighted by molar-refractivity contribution is 0.795. The van der Waals surface area contributed by atoms with Gasteiger partial charge in [-0.25, -0.2) is 9.97 Å². The molecule has 0 aliphatic heterocycles. The first-order chi connectivity index (χ1) is 10.1. The Bertz CT molecular complexity index is 769. The standard InChI is InChI=1S/C16H16ClN3S/c1-10(9-12-8-7-11(2)21-12)18-15-13-5-3-4-6-14(13)19-16(17)20-15/h3-8,10H,9H2,1-2H3,(H,18,19,20). The fraction of sp³-hybridized carbons (Fsp3) is 0.250. The molecule has 0 amide bonds. The van der Waals surface area contributed by atoms with Crippen LogP contribution in [0.3, 0.4) is 0 Å². The van der Waals surface area contributed by atoms with Crippen LogP contribution in [0.5, 0.6) is 0 Å². The molecule has 0 saturated heterocycles. The molecule has 3 rings (SSSR count). The predicted octanol–water partition coefficient (Wildman–Crippen LogP) is 4.70. The van der Waals surface area contributed by atoms with E-state index >= 15 is 0 Å². The first kappa shape index (κ1) is 14.3. The maximum atomic E-state index is 6.01. The molecule has 2 heterocycles. The molecule has 108 valence electrons. The van der Waals surface area contributed by atoms with Gasteiger partial charge in [-0.1, -0.05) is 12.1 Å². The number of halogens is 1. The van der Waals surface area contributed by atoms with Crippen molar-refractivity contribution in [3.05, 3.63) is 51.4 Å². The third kappa shape index (κ3) is 3.34. The summed E-state index contributed by atoms with van der Waals surface area (Å²) in [5.41, 5.74) is 0.860. The summed E-state index contributed by atoms with van der Waals surface area (Å²) in [6.45, 7) is 4.28. The van der Waals surface area contributed by atoms with E-state index in [4.69, 9.17) is 11.6 Å². The minimum absolute atomic E-state index is 0.273. The van der Waals surface area contributed by atoms with Crippen LogP contribution in [0.2, 0.25) is 5.28 Å². The number of fused-ring (bicyclic) bond motifs is 1. The number of para-hydroxylation sites is 1. The molecule has 1 unspecified atom stereocenters. The van der Waals surface area contributed by atoms with E-state index in [0.717, 1.165) is 23.1 Å². The molecule has 3 nitrogen and oxygen atoms in total. The second-order valence-corrected chi connectivity index (χ2v) is 6.83.